The van der Waals surface area contributed by atoms with Crippen molar-refractivity contribution in [1.82, 2.24) is 14.5 Å². The normalized spacial score (nSPS) is 15.0. The molecule has 6 nitrogen and oxygen atoms in total. The number of hydrogen-bond donors (Lipinski definition) is 0. The zero-order chi connectivity index (χ0) is 19.0. The van der Waals surface area contributed by atoms with E-state index in [1.54, 1.807) is 22.9 Å². The van der Waals surface area contributed by atoms with E-state index in [1.807, 2.05) is 32.0 Å². The van der Waals surface area contributed by atoms with Crippen molar-refractivity contribution >= 4 is 22.7 Å². The highest BCUT2D eigenvalue weighted by Gasteiger charge is 2.24. The zero-order valence-corrected chi connectivity index (χ0v) is 15.5. The van der Waals surface area contributed by atoms with Gasteiger partial charge in [0, 0.05) is 38.4 Å². The molecule has 1 aliphatic heterocycles. The lowest BCUT2D eigenvalue weighted by molar-refractivity contribution is 0.542. The van der Waals surface area contributed by atoms with E-state index in [1.165, 1.54) is 6.07 Å². The van der Waals surface area contributed by atoms with Crippen LogP contribution in [0, 0.1) is 5.82 Å². The lowest BCUT2D eigenvalue weighted by Crippen LogP contribution is -2.49. The fourth-order valence-corrected chi connectivity index (χ4v) is 3.54. The van der Waals surface area contributed by atoms with Crippen LogP contribution < -0.4 is 15.4 Å². The van der Waals surface area contributed by atoms with E-state index in [4.69, 9.17) is 0 Å². The topological polar surface area (TPSA) is 54.3 Å². The van der Waals surface area contributed by atoms with E-state index < -0.39 is 5.82 Å². The summed E-state index contributed by atoms with van der Waals surface area (Å²) in [6, 6.07) is 10.3. The van der Waals surface area contributed by atoms with Gasteiger partial charge in [0.05, 0.1) is 5.39 Å². The standard InChI is InChI=1S/C20H22FN5O/c1-14(2)26-19(27)15-6-5-7-16(21)18(15)23-20(26)25-12-10-24(11-13-25)17-8-3-4-9-22-17/h3-9,14H,10-13H2,1-2H3. The van der Waals surface area contributed by atoms with Crippen molar-refractivity contribution in [2.45, 2.75) is 19.9 Å². The first kappa shape index (κ1) is 17.5. The molecule has 0 amide bonds. The third-order valence-electron chi connectivity index (χ3n) is 4.92. The van der Waals surface area contributed by atoms with Gasteiger partial charge in [-0.1, -0.05) is 12.1 Å². The van der Waals surface area contributed by atoms with E-state index >= 15 is 0 Å². The summed E-state index contributed by atoms with van der Waals surface area (Å²) in [6.45, 7) is 6.80. The summed E-state index contributed by atoms with van der Waals surface area (Å²) in [5.74, 6) is 1.01. The van der Waals surface area contributed by atoms with Crippen molar-refractivity contribution in [3.63, 3.8) is 0 Å². The largest absolute Gasteiger partial charge is 0.353 e. The third kappa shape index (κ3) is 3.13. The second-order valence-corrected chi connectivity index (χ2v) is 6.98. The zero-order valence-electron chi connectivity index (χ0n) is 15.5. The SMILES string of the molecule is CC(C)n1c(N2CCN(c3ccccn3)CC2)nc2c(F)cccc2c1=O. The van der Waals surface area contributed by atoms with Gasteiger partial charge in [-0.05, 0) is 38.1 Å². The molecule has 2 aromatic heterocycles. The minimum absolute atomic E-state index is 0.0681. The molecule has 1 aromatic carbocycles. The number of anilines is 2. The number of hydrogen-bond acceptors (Lipinski definition) is 5. The van der Waals surface area contributed by atoms with Crippen LogP contribution in [0.1, 0.15) is 19.9 Å². The van der Waals surface area contributed by atoms with Crippen LogP contribution in [0.4, 0.5) is 16.2 Å². The summed E-state index contributed by atoms with van der Waals surface area (Å²) >= 11 is 0. The fourth-order valence-electron chi connectivity index (χ4n) is 3.54. The molecular weight excluding hydrogens is 345 g/mol. The average Bonchev–Trinajstić information content (AvgIpc) is 2.69. The molecule has 140 valence electrons. The Labute approximate surface area is 156 Å². The number of benzene rings is 1. The summed E-state index contributed by atoms with van der Waals surface area (Å²) in [6.07, 6.45) is 1.78. The van der Waals surface area contributed by atoms with E-state index in [-0.39, 0.29) is 17.1 Å². The second kappa shape index (κ2) is 6.98. The number of fused-ring (bicyclic) bond motifs is 1. The van der Waals surface area contributed by atoms with Crippen LogP contribution in [0.2, 0.25) is 0 Å². The van der Waals surface area contributed by atoms with Crippen LogP contribution in [-0.2, 0) is 0 Å². The van der Waals surface area contributed by atoms with Crippen LogP contribution in [0.15, 0.2) is 47.4 Å². The average molecular weight is 367 g/mol. The molecule has 1 fully saturated rings. The fraction of sp³-hybridized carbons (Fsp3) is 0.350. The van der Waals surface area contributed by atoms with Crippen LogP contribution >= 0.6 is 0 Å². The van der Waals surface area contributed by atoms with Gasteiger partial charge in [-0.15, -0.1) is 0 Å². The van der Waals surface area contributed by atoms with E-state index in [0.29, 0.717) is 24.4 Å². The van der Waals surface area contributed by atoms with Crippen molar-refractivity contribution in [1.29, 1.82) is 0 Å². The molecule has 0 atom stereocenters. The number of aromatic nitrogens is 3. The molecule has 0 N–H and O–H groups in total. The molecule has 27 heavy (non-hydrogen) atoms. The Morgan fingerprint density at radius 1 is 1.00 bits per heavy atom. The van der Waals surface area contributed by atoms with Gasteiger partial charge in [-0.25, -0.2) is 14.4 Å². The van der Waals surface area contributed by atoms with E-state index in [0.717, 1.165) is 18.9 Å². The van der Waals surface area contributed by atoms with Gasteiger partial charge in [-0.2, -0.15) is 0 Å². The quantitative estimate of drug-likeness (QED) is 0.713. The summed E-state index contributed by atoms with van der Waals surface area (Å²) in [5.41, 5.74) is -0.0572. The van der Waals surface area contributed by atoms with Crippen LogP contribution in [0.3, 0.4) is 0 Å². The van der Waals surface area contributed by atoms with Crippen LogP contribution in [0.5, 0.6) is 0 Å². The van der Waals surface area contributed by atoms with Crippen molar-refractivity contribution in [3.8, 4) is 0 Å². The van der Waals surface area contributed by atoms with Gasteiger partial charge < -0.3 is 9.80 Å². The Balaban J connectivity index is 1.70. The first-order valence-electron chi connectivity index (χ1n) is 9.18. The molecule has 0 bridgehead atoms. The molecule has 0 saturated carbocycles. The molecule has 0 radical (unpaired) electrons. The highest BCUT2D eigenvalue weighted by Crippen LogP contribution is 2.22. The summed E-state index contributed by atoms with van der Waals surface area (Å²) < 4.78 is 15.9. The maximum absolute atomic E-state index is 14.3. The van der Waals surface area contributed by atoms with Gasteiger partial charge >= 0.3 is 0 Å². The molecule has 1 aliphatic rings. The Kier molecular flexibility index (Phi) is 4.51. The Morgan fingerprint density at radius 3 is 2.41 bits per heavy atom. The number of nitrogens with zero attached hydrogens (tertiary/aromatic N) is 5. The molecular formula is C20H22FN5O. The van der Waals surface area contributed by atoms with Gasteiger partial charge in [-0.3, -0.25) is 9.36 Å². The predicted molar refractivity (Wildman–Crippen MR) is 105 cm³/mol. The highest BCUT2D eigenvalue weighted by molar-refractivity contribution is 5.79. The highest BCUT2D eigenvalue weighted by atomic mass is 19.1. The van der Waals surface area contributed by atoms with Gasteiger partial charge in [0.1, 0.15) is 17.2 Å². The Hall–Kier alpha value is -2.96. The summed E-state index contributed by atoms with van der Waals surface area (Å²) in [7, 11) is 0. The monoisotopic (exact) mass is 367 g/mol. The Bertz CT molecular complexity index is 1010. The molecule has 0 aliphatic carbocycles. The number of rotatable bonds is 3. The first-order valence-corrected chi connectivity index (χ1v) is 9.18. The van der Waals surface area contributed by atoms with E-state index in [2.05, 4.69) is 19.8 Å². The lowest BCUT2D eigenvalue weighted by atomic mass is 10.2. The first-order chi connectivity index (χ1) is 13.1. The number of pyridine rings is 1. The molecule has 7 heteroatoms. The number of para-hydroxylation sites is 1. The molecule has 0 spiro atoms. The number of piperazine rings is 1. The second-order valence-electron chi connectivity index (χ2n) is 6.98. The third-order valence-corrected chi connectivity index (χ3v) is 4.92. The van der Waals surface area contributed by atoms with E-state index in [9.17, 15) is 9.18 Å². The summed E-state index contributed by atoms with van der Waals surface area (Å²) in [5, 5.41) is 0.319. The molecule has 3 heterocycles. The van der Waals surface area contributed by atoms with Crippen molar-refractivity contribution in [2.24, 2.45) is 0 Å². The van der Waals surface area contributed by atoms with Gasteiger partial charge in [0.2, 0.25) is 5.95 Å². The Morgan fingerprint density at radius 2 is 1.74 bits per heavy atom. The molecule has 4 rings (SSSR count). The van der Waals surface area contributed by atoms with Gasteiger partial charge in [0.25, 0.3) is 5.56 Å². The molecule has 1 saturated heterocycles. The minimum Gasteiger partial charge on any atom is -0.353 e. The van der Waals surface area contributed by atoms with Gasteiger partial charge in [0.15, 0.2) is 0 Å². The number of halogens is 1. The molecule has 0 unspecified atom stereocenters. The van der Waals surface area contributed by atoms with Crippen molar-refractivity contribution < 1.29 is 4.39 Å². The lowest BCUT2D eigenvalue weighted by Gasteiger charge is -2.37. The molecule has 3 aromatic rings. The van der Waals surface area contributed by atoms with Crippen LogP contribution in [-0.4, -0.2) is 40.7 Å². The van der Waals surface area contributed by atoms with Crippen molar-refractivity contribution in [3.05, 3.63) is 58.8 Å². The van der Waals surface area contributed by atoms with Crippen molar-refractivity contribution in [2.75, 3.05) is 36.0 Å². The maximum Gasteiger partial charge on any atom is 0.263 e. The predicted octanol–water partition coefficient (Wildman–Crippen LogP) is 2.84. The minimum atomic E-state index is -0.464. The summed E-state index contributed by atoms with van der Waals surface area (Å²) in [4.78, 5) is 26.2. The van der Waals surface area contributed by atoms with Crippen LogP contribution in [0.25, 0.3) is 10.9 Å². The maximum atomic E-state index is 14.3. The smallest absolute Gasteiger partial charge is 0.263 e.